The largest absolute Gasteiger partial charge is 0.307 e. The average Bonchev–Trinajstić information content (AvgIpc) is 2.49. The number of aryl methyl sites for hydroxylation is 1. The summed E-state index contributed by atoms with van der Waals surface area (Å²) in [5.41, 5.74) is 1.41. The minimum absolute atomic E-state index is 0.0652. The molecule has 2 aromatic rings. The molecule has 7 heteroatoms. The summed E-state index contributed by atoms with van der Waals surface area (Å²) < 4.78 is 64.1. The Balaban J connectivity index is 2.20. The maximum Gasteiger partial charge on any atom is 0.307 e. The van der Waals surface area contributed by atoms with E-state index in [0.29, 0.717) is 5.56 Å². The van der Waals surface area contributed by atoms with Gasteiger partial charge in [0.15, 0.2) is 0 Å². The Hall–Kier alpha value is -1.86. The lowest BCUT2D eigenvalue weighted by atomic mass is 10.1. The van der Waals surface area contributed by atoms with Crippen LogP contribution in [0.4, 0.5) is 13.2 Å². The SMILES string of the molecule is Cc1ccc(S(=O)(=O)N(CCc2ccc(F)cc2)C(F)F)cc1. The summed E-state index contributed by atoms with van der Waals surface area (Å²) in [4.78, 5) is -0.178. The van der Waals surface area contributed by atoms with Gasteiger partial charge in [0.25, 0.3) is 0 Å². The standard InChI is InChI=1S/C16H16F3NO2S/c1-12-2-8-15(9-3-12)23(21,22)20(16(18)19)11-10-13-4-6-14(17)7-5-13/h2-9,16H,10-11H2,1H3. The van der Waals surface area contributed by atoms with Crippen LogP contribution in [0.25, 0.3) is 0 Å². The molecule has 0 aromatic heterocycles. The number of hydrogen-bond acceptors (Lipinski definition) is 2. The van der Waals surface area contributed by atoms with E-state index in [1.807, 2.05) is 0 Å². The van der Waals surface area contributed by atoms with E-state index in [9.17, 15) is 21.6 Å². The van der Waals surface area contributed by atoms with Crippen molar-refractivity contribution < 1.29 is 21.6 Å². The van der Waals surface area contributed by atoms with Crippen LogP contribution in [0, 0.1) is 12.7 Å². The molecule has 0 radical (unpaired) electrons. The van der Waals surface area contributed by atoms with Gasteiger partial charge in [-0.3, -0.25) is 0 Å². The zero-order valence-electron chi connectivity index (χ0n) is 12.4. The first-order valence-electron chi connectivity index (χ1n) is 6.92. The highest BCUT2D eigenvalue weighted by molar-refractivity contribution is 7.89. The predicted octanol–water partition coefficient (Wildman–Crippen LogP) is 3.59. The molecule has 2 aromatic carbocycles. The lowest BCUT2D eigenvalue weighted by Crippen LogP contribution is -2.37. The molecule has 0 unspecified atom stereocenters. The Bertz CT molecular complexity index is 744. The number of nitrogens with zero attached hydrogens (tertiary/aromatic N) is 1. The first-order chi connectivity index (χ1) is 10.8. The Kier molecular flexibility index (Phi) is 5.43. The van der Waals surface area contributed by atoms with Gasteiger partial charge in [0.05, 0.1) is 4.90 Å². The van der Waals surface area contributed by atoms with Crippen LogP contribution in [0.1, 0.15) is 11.1 Å². The van der Waals surface area contributed by atoms with Crippen molar-refractivity contribution in [2.24, 2.45) is 0 Å². The smallest absolute Gasteiger partial charge is 0.207 e. The first kappa shape index (κ1) is 17.5. The number of hydrogen-bond donors (Lipinski definition) is 0. The number of rotatable bonds is 6. The van der Waals surface area contributed by atoms with Crippen LogP contribution in [0.5, 0.6) is 0 Å². The van der Waals surface area contributed by atoms with Gasteiger partial charge in [0.1, 0.15) is 5.82 Å². The van der Waals surface area contributed by atoms with E-state index in [0.717, 1.165) is 5.56 Å². The van der Waals surface area contributed by atoms with Gasteiger partial charge in [-0.15, -0.1) is 4.31 Å². The van der Waals surface area contributed by atoms with Crippen molar-refractivity contribution in [1.82, 2.24) is 4.31 Å². The summed E-state index contributed by atoms with van der Waals surface area (Å²) >= 11 is 0. The molecule has 0 bridgehead atoms. The monoisotopic (exact) mass is 343 g/mol. The second-order valence-electron chi connectivity index (χ2n) is 5.08. The highest BCUT2D eigenvalue weighted by Crippen LogP contribution is 2.21. The van der Waals surface area contributed by atoms with Crippen molar-refractivity contribution in [2.75, 3.05) is 6.54 Å². The molecule has 0 spiro atoms. The van der Waals surface area contributed by atoms with Crippen molar-refractivity contribution in [2.45, 2.75) is 24.8 Å². The van der Waals surface area contributed by atoms with E-state index < -0.39 is 22.4 Å². The maximum atomic E-state index is 13.2. The van der Waals surface area contributed by atoms with Gasteiger partial charge in [0.2, 0.25) is 10.0 Å². The summed E-state index contributed by atoms with van der Waals surface area (Å²) in [5, 5.41) is 0. The fourth-order valence-electron chi connectivity index (χ4n) is 2.06. The van der Waals surface area contributed by atoms with Crippen LogP contribution in [0.15, 0.2) is 53.4 Å². The second-order valence-corrected chi connectivity index (χ2v) is 6.97. The molecule has 23 heavy (non-hydrogen) atoms. The summed E-state index contributed by atoms with van der Waals surface area (Å²) in [6.45, 7) is -1.77. The Morgan fingerprint density at radius 1 is 1.00 bits per heavy atom. The van der Waals surface area contributed by atoms with E-state index in [4.69, 9.17) is 0 Å². The summed E-state index contributed by atoms with van der Waals surface area (Å²) in [6, 6.07) is 11.0. The van der Waals surface area contributed by atoms with E-state index >= 15 is 0 Å². The van der Waals surface area contributed by atoms with Gasteiger partial charge < -0.3 is 0 Å². The Morgan fingerprint density at radius 2 is 1.57 bits per heavy atom. The van der Waals surface area contributed by atoms with Gasteiger partial charge in [-0.2, -0.15) is 8.78 Å². The zero-order chi connectivity index (χ0) is 17.0. The number of alkyl halides is 2. The zero-order valence-corrected chi connectivity index (χ0v) is 13.2. The highest BCUT2D eigenvalue weighted by atomic mass is 32.2. The summed E-state index contributed by atoms with van der Waals surface area (Å²) in [7, 11) is -4.29. The van der Waals surface area contributed by atoms with Gasteiger partial charge in [-0.05, 0) is 43.2 Å². The number of benzene rings is 2. The third kappa shape index (κ3) is 4.33. The van der Waals surface area contributed by atoms with E-state index in [1.54, 1.807) is 19.1 Å². The molecule has 0 N–H and O–H groups in total. The van der Waals surface area contributed by atoms with Crippen LogP contribution in [0.2, 0.25) is 0 Å². The average molecular weight is 343 g/mol. The fraction of sp³-hybridized carbons (Fsp3) is 0.250. The molecule has 0 amide bonds. The third-order valence-electron chi connectivity index (χ3n) is 3.38. The topological polar surface area (TPSA) is 37.4 Å². The van der Waals surface area contributed by atoms with Crippen LogP contribution < -0.4 is 0 Å². The third-order valence-corrected chi connectivity index (χ3v) is 5.21. The minimum atomic E-state index is -4.29. The highest BCUT2D eigenvalue weighted by Gasteiger charge is 2.31. The molecule has 0 saturated carbocycles. The van der Waals surface area contributed by atoms with Crippen molar-refractivity contribution >= 4 is 10.0 Å². The van der Waals surface area contributed by atoms with Crippen molar-refractivity contribution in [3.05, 3.63) is 65.5 Å². The predicted molar refractivity (Wildman–Crippen MR) is 81.2 cm³/mol. The molecule has 0 aliphatic heterocycles. The van der Waals surface area contributed by atoms with Crippen LogP contribution in [0.3, 0.4) is 0 Å². The van der Waals surface area contributed by atoms with Gasteiger partial charge in [-0.25, -0.2) is 12.8 Å². The van der Waals surface area contributed by atoms with Gasteiger partial charge in [-0.1, -0.05) is 29.8 Å². The molecule has 3 nitrogen and oxygen atoms in total. The van der Waals surface area contributed by atoms with Crippen LogP contribution in [-0.2, 0) is 16.4 Å². The fourth-order valence-corrected chi connectivity index (χ4v) is 3.35. The lowest BCUT2D eigenvalue weighted by molar-refractivity contribution is 0.0320. The molecular weight excluding hydrogens is 327 g/mol. The molecule has 0 fully saturated rings. The first-order valence-corrected chi connectivity index (χ1v) is 8.36. The maximum absolute atomic E-state index is 13.2. The van der Waals surface area contributed by atoms with E-state index in [2.05, 4.69) is 0 Å². The van der Waals surface area contributed by atoms with E-state index in [1.165, 1.54) is 36.4 Å². The molecule has 0 heterocycles. The molecular formula is C16H16F3NO2S. The molecule has 0 saturated heterocycles. The van der Waals surface area contributed by atoms with Gasteiger partial charge in [0, 0.05) is 6.54 Å². The quantitative estimate of drug-likeness (QED) is 0.752. The molecule has 2 rings (SSSR count). The van der Waals surface area contributed by atoms with Crippen LogP contribution >= 0.6 is 0 Å². The van der Waals surface area contributed by atoms with Crippen LogP contribution in [-0.4, -0.2) is 25.8 Å². The van der Waals surface area contributed by atoms with E-state index in [-0.39, 0.29) is 22.2 Å². The lowest BCUT2D eigenvalue weighted by Gasteiger charge is -2.21. The van der Waals surface area contributed by atoms with Crippen molar-refractivity contribution in [3.8, 4) is 0 Å². The van der Waals surface area contributed by atoms with Gasteiger partial charge >= 0.3 is 6.55 Å². The Labute approximate surface area is 133 Å². The summed E-state index contributed by atoms with van der Waals surface area (Å²) in [6.07, 6.45) is 0.0652. The second kappa shape index (κ2) is 7.14. The number of halogens is 3. The molecule has 0 atom stereocenters. The Morgan fingerprint density at radius 3 is 2.09 bits per heavy atom. The van der Waals surface area contributed by atoms with Crippen molar-refractivity contribution in [3.63, 3.8) is 0 Å². The molecule has 0 aliphatic rings. The molecule has 0 aliphatic carbocycles. The van der Waals surface area contributed by atoms with Crippen molar-refractivity contribution in [1.29, 1.82) is 0 Å². The molecule has 124 valence electrons. The minimum Gasteiger partial charge on any atom is -0.207 e. The normalized spacial score (nSPS) is 12.1. The summed E-state index contributed by atoms with van der Waals surface area (Å²) in [5.74, 6) is -0.438. The number of sulfonamides is 1.